The Labute approximate surface area is 144 Å². The lowest BCUT2D eigenvalue weighted by molar-refractivity contribution is -0.130. The summed E-state index contributed by atoms with van der Waals surface area (Å²) < 4.78 is 16.7. The van der Waals surface area contributed by atoms with Gasteiger partial charge in [0.1, 0.15) is 12.7 Å². The first-order valence-electron chi connectivity index (χ1n) is 8.16. The number of carbonyl (C=O) groups excluding carboxylic acids is 2. The predicted octanol–water partition coefficient (Wildman–Crippen LogP) is 1.72. The third-order valence-electron chi connectivity index (χ3n) is 4.26. The van der Waals surface area contributed by atoms with Crippen LogP contribution in [0.2, 0.25) is 0 Å². The van der Waals surface area contributed by atoms with Crippen LogP contribution in [-0.2, 0) is 16.0 Å². The van der Waals surface area contributed by atoms with Gasteiger partial charge in [0, 0.05) is 6.42 Å². The quantitative estimate of drug-likeness (QED) is 0.862. The molecule has 0 fully saturated rings. The molecule has 2 heterocycles. The summed E-state index contributed by atoms with van der Waals surface area (Å²) in [5.41, 5.74) is 1.34. The highest BCUT2D eigenvalue weighted by Gasteiger charge is 2.31. The highest BCUT2D eigenvalue weighted by Crippen LogP contribution is 2.30. The molecule has 2 aromatic rings. The number of nitrogens with one attached hydrogen (secondary N) is 1. The number of hydrogen-bond donors (Lipinski definition) is 1. The molecule has 0 bridgehead atoms. The number of carbonyl (C=O) groups is 2. The second kappa shape index (κ2) is 6.47. The molecule has 2 aliphatic heterocycles. The summed E-state index contributed by atoms with van der Waals surface area (Å²) in [6.07, 6.45) is -0.733. The smallest absolute Gasteiger partial charge is 0.339 e. The Bertz CT molecular complexity index is 819. The van der Waals surface area contributed by atoms with Crippen LogP contribution in [0.15, 0.2) is 48.5 Å². The van der Waals surface area contributed by atoms with E-state index < -0.39 is 12.1 Å². The van der Waals surface area contributed by atoms with Crippen LogP contribution in [0.4, 0.5) is 0 Å². The van der Waals surface area contributed by atoms with E-state index in [-0.39, 0.29) is 18.6 Å². The molecule has 25 heavy (non-hydrogen) atoms. The van der Waals surface area contributed by atoms with Gasteiger partial charge in [-0.2, -0.15) is 0 Å². The zero-order chi connectivity index (χ0) is 17.2. The summed E-state index contributed by atoms with van der Waals surface area (Å²) in [6.45, 7) is 0.632. The summed E-state index contributed by atoms with van der Waals surface area (Å²) >= 11 is 0. The fourth-order valence-electron chi connectivity index (χ4n) is 2.97. The minimum atomic E-state index is -0.820. The molecule has 0 aromatic heterocycles. The molecular weight excluding hydrogens is 322 g/mol. The molecule has 2 aromatic carbocycles. The average molecular weight is 339 g/mol. The van der Waals surface area contributed by atoms with Gasteiger partial charge in [0.05, 0.1) is 12.1 Å². The molecule has 0 unspecified atom stereocenters. The van der Waals surface area contributed by atoms with E-state index in [1.165, 1.54) is 0 Å². The molecule has 6 nitrogen and oxygen atoms in total. The Morgan fingerprint density at radius 3 is 2.68 bits per heavy atom. The maximum absolute atomic E-state index is 12.4. The van der Waals surface area contributed by atoms with Gasteiger partial charge in [0.15, 0.2) is 17.6 Å². The van der Waals surface area contributed by atoms with Crippen LogP contribution in [0.1, 0.15) is 15.9 Å². The summed E-state index contributed by atoms with van der Waals surface area (Å²) in [4.78, 5) is 24.4. The van der Waals surface area contributed by atoms with Crippen molar-refractivity contribution in [1.82, 2.24) is 5.32 Å². The minimum Gasteiger partial charge on any atom is -0.486 e. The summed E-state index contributed by atoms with van der Waals surface area (Å²) in [7, 11) is 0. The maximum Gasteiger partial charge on any atom is 0.339 e. The molecule has 6 heteroatoms. The number of ether oxygens (including phenoxy) is 3. The minimum absolute atomic E-state index is 0.281. The monoisotopic (exact) mass is 339 g/mol. The summed E-state index contributed by atoms with van der Waals surface area (Å²) in [5, 5.41) is 2.78. The predicted molar refractivity (Wildman–Crippen MR) is 88.7 cm³/mol. The molecular formula is C19H17NO5. The van der Waals surface area contributed by atoms with Crippen LogP contribution in [0.25, 0.3) is 0 Å². The highest BCUT2D eigenvalue weighted by atomic mass is 16.6. The van der Waals surface area contributed by atoms with Crippen molar-refractivity contribution in [1.29, 1.82) is 0 Å². The van der Waals surface area contributed by atoms with Gasteiger partial charge in [-0.25, -0.2) is 4.79 Å². The van der Waals surface area contributed by atoms with E-state index in [1.54, 1.807) is 12.1 Å². The van der Waals surface area contributed by atoms with Crippen molar-refractivity contribution >= 4 is 11.9 Å². The van der Waals surface area contributed by atoms with E-state index in [4.69, 9.17) is 14.2 Å². The van der Waals surface area contributed by atoms with Crippen molar-refractivity contribution in [2.75, 3.05) is 13.2 Å². The molecule has 1 amide bonds. The lowest BCUT2D eigenvalue weighted by atomic mass is 9.98. The molecule has 0 spiro atoms. The second-order valence-electron chi connectivity index (χ2n) is 6.00. The lowest BCUT2D eigenvalue weighted by Gasteiger charge is -2.28. The number of cyclic esters (lactones) is 1. The molecule has 0 aliphatic carbocycles. The third kappa shape index (κ3) is 3.15. The van der Waals surface area contributed by atoms with Crippen molar-refractivity contribution in [3.8, 4) is 11.5 Å². The van der Waals surface area contributed by atoms with E-state index in [1.807, 2.05) is 36.4 Å². The van der Waals surface area contributed by atoms with E-state index in [9.17, 15) is 9.59 Å². The van der Waals surface area contributed by atoms with Gasteiger partial charge in [-0.1, -0.05) is 30.3 Å². The van der Waals surface area contributed by atoms with E-state index in [0.717, 1.165) is 5.56 Å². The van der Waals surface area contributed by atoms with Crippen LogP contribution in [-0.4, -0.2) is 37.2 Å². The fourth-order valence-corrected chi connectivity index (χ4v) is 2.97. The van der Waals surface area contributed by atoms with Crippen LogP contribution in [0, 0.1) is 0 Å². The number of esters is 1. The van der Waals surface area contributed by atoms with Gasteiger partial charge in [-0.15, -0.1) is 0 Å². The molecule has 0 saturated heterocycles. The Morgan fingerprint density at radius 1 is 1.04 bits per heavy atom. The topological polar surface area (TPSA) is 73.9 Å². The van der Waals surface area contributed by atoms with E-state index in [0.29, 0.717) is 30.1 Å². The van der Waals surface area contributed by atoms with Crippen molar-refractivity contribution in [2.24, 2.45) is 0 Å². The fraction of sp³-hybridized carbons (Fsp3) is 0.263. The normalized spacial score (nSPS) is 21.0. The van der Waals surface area contributed by atoms with Gasteiger partial charge in [-0.3, -0.25) is 4.79 Å². The number of para-hydroxylation sites is 2. The molecule has 2 atom stereocenters. The van der Waals surface area contributed by atoms with Gasteiger partial charge in [-0.05, 0) is 23.8 Å². The molecule has 2 aliphatic rings. The summed E-state index contributed by atoms with van der Waals surface area (Å²) in [5.74, 6) is 0.562. The lowest BCUT2D eigenvalue weighted by Crippen LogP contribution is -2.46. The largest absolute Gasteiger partial charge is 0.486 e. The van der Waals surface area contributed by atoms with Crippen LogP contribution < -0.4 is 14.8 Å². The van der Waals surface area contributed by atoms with Gasteiger partial charge >= 0.3 is 5.97 Å². The summed E-state index contributed by atoms with van der Waals surface area (Å²) in [6, 6.07) is 14.6. The van der Waals surface area contributed by atoms with Crippen molar-refractivity contribution in [3.05, 3.63) is 59.7 Å². The van der Waals surface area contributed by atoms with Crippen molar-refractivity contribution < 1.29 is 23.8 Å². The van der Waals surface area contributed by atoms with Crippen LogP contribution in [0.5, 0.6) is 11.5 Å². The number of hydrogen-bond acceptors (Lipinski definition) is 5. The van der Waals surface area contributed by atoms with Crippen LogP contribution in [0.3, 0.4) is 0 Å². The third-order valence-corrected chi connectivity index (χ3v) is 4.26. The first kappa shape index (κ1) is 15.5. The van der Waals surface area contributed by atoms with Crippen LogP contribution >= 0.6 is 0 Å². The maximum atomic E-state index is 12.4. The average Bonchev–Trinajstić information content (AvgIpc) is 2.66. The van der Waals surface area contributed by atoms with Crippen molar-refractivity contribution in [2.45, 2.75) is 18.6 Å². The Hall–Kier alpha value is -3.02. The molecule has 0 radical (unpaired) electrons. The number of benzene rings is 2. The molecule has 128 valence electrons. The number of rotatable bonds is 3. The second-order valence-corrected chi connectivity index (χ2v) is 6.00. The Kier molecular flexibility index (Phi) is 4.01. The zero-order valence-electron chi connectivity index (χ0n) is 13.4. The van der Waals surface area contributed by atoms with E-state index >= 15 is 0 Å². The van der Waals surface area contributed by atoms with Gasteiger partial charge in [0.25, 0.3) is 5.91 Å². The molecule has 4 rings (SSSR count). The van der Waals surface area contributed by atoms with Gasteiger partial charge < -0.3 is 19.5 Å². The standard InChI is InChI=1S/C19H17NO5/c21-18(17-9-12-5-1-2-6-14(12)19(22)25-17)20-10-13-11-23-15-7-3-4-8-16(15)24-13/h1-8,13,17H,9-11H2,(H,20,21)/t13-,17-/m1/s1. The van der Waals surface area contributed by atoms with Crippen molar-refractivity contribution in [3.63, 3.8) is 0 Å². The first-order chi connectivity index (χ1) is 12.2. The molecule has 0 saturated carbocycles. The van der Waals surface area contributed by atoms with E-state index in [2.05, 4.69) is 5.32 Å². The van der Waals surface area contributed by atoms with Gasteiger partial charge in [0.2, 0.25) is 0 Å². The Morgan fingerprint density at radius 2 is 1.80 bits per heavy atom. The Balaban J connectivity index is 1.35. The SMILES string of the molecule is O=C1O[C@@H](C(=O)NC[C@@H]2COc3ccccc3O2)Cc2ccccc21. The first-order valence-corrected chi connectivity index (χ1v) is 8.16. The molecule has 1 N–H and O–H groups in total. The highest BCUT2D eigenvalue weighted by molar-refractivity contribution is 5.95. The number of fused-ring (bicyclic) bond motifs is 2. The zero-order valence-corrected chi connectivity index (χ0v) is 13.4. The number of amides is 1.